The number of H-pyrrole nitrogens is 1. The number of benzene rings is 4. The Morgan fingerprint density at radius 3 is 2.19 bits per heavy atom. The number of nitrogens with two attached hydrogens (primary N) is 2. The predicted molar refractivity (Wildman–Crippen MR) is 144 cm³/mol. The summed E-state index contributed by atoms with van der Waals surface area (Å²) in [5, 5.41) is 2.55. The number of ether oxygens (including phenoxy) is 1. The Labute approximate surface area is 212 Å². The van der Waals surface area contributed by atoms with Crippen LogP contribution in [0, 0.1) is 0 Å². The summed E-state index contributed by atoms with van der Waals surface area (Å²) in [4.78, 5) is 33.7. The third-order valence-corrected chi connectivity index (χ3v) is 5.84. The second kappa shape index (κ2) is 9.74. The Kier molecular flexibility index (Phi) is 6.17. The number of rotatable bonds is 6. The summed E-state index contributed by atoms with van der Waals surface area (Å²) in [5.74, 6) is 1.40. The molecule has 0 bridgehead atoms. The van der Waals surface area contributed by atoms with Crippen LogP contribution in [0.4, 0.5) is 21.9 Å². The lowest BCUT2D eigenvalue weighted by atomic mass is 10.1. The van der Waals surface area contributed by atoms with Crippen molar-refractivity contribution in [3.63, 3.8) is 0 Å². The van der Waals surface area contributed by atoms with E-state index in [1.54, 1.807) is 42.5 Å². The normalized spacial score (nSPS) is 10.7. The number of hydrogen-bond acceptors (Lipinski definition) is 5. The maximum Gasteiger partial charge on any atom is 0.323 e. The maximum atomic E-state index is 12.4. The molecule has 4 aromatic carbocycles. The second-order valence-electron chi connectivity index (χ2n) is 8.25. The summed E-state index contributed by atoms with van der Waals surface area (Å²) < 4.78 is 5.88. The molecule has 5 aromatic rings. The van der Waals surface area contributed by atoms with E-state index in [0.717, 1.165) is 22.4 Å². The zero-order valence-electron chi connectivity index (χ0n) is 19.9. The Morgan fingerprint density at radius 1 is 0.892 bits per heavy atom. The minimum Gasteiger partial charge on any atom is -0.457 e. The van der Waals surface area contributed by atoms with E-state index in [1.165, 1.54) is 11.9 Å². The van der Waals surface area contributed by atoms with Gasteiger partial charge >= 0.3 is 6.03 Å². The molecule has 0 aliphatic rings. The van der Waals surface area contributed by atoms with E-state index >= 15 is 0 Å². The smallest absolute Gasteiger partial charge is 0.323 e. The quantitative estimate of drug-likeness (QED) is 0.242. The molecule has 9 heteroatoms. The van der Waals surface area contributed by atoms with Crippen LogP contribution < -0.4 is 26.4 Å². The number of imidazole rings is 1. The van der Waals surface area contributed by atoms with Crippen LogP contribution in [0.3, 0.4) is 0 Å². The number of carbonyl (C=O) groups is 2. The van der Waals surface area contributed by atoms with Crippen molar-refractivity contribution in [1.82, 2.24) is 15.3 Å². The van der Waals surface area contributed by atoms with Crippen molar-refractivity contribution >= 4 is 40.0 Å². The van der Waals surface area contributed by atoms with Crippen molar-refractivity contribution in [2.45, 2.75) is 0 Å². The number of aromatic nitrogens is 2. The Balaban J connectivity index is 1.36. The molecule has 9 nitrogen and oxygen atoms in total. The van der Waals surface area contributed by atoms with Gasteiger partial charge < -0.3 is 26.5 Å². The van der Waals surface area contributed by atoms with Gasteiger partial charge in [0.1, 0.15) is 17.3 Å². The number of fused-ring (bicyclic) bond motifs is 1. The maximum absolute atomic E-state index is 12.4. The van der Waals surface area contributed by atoms with Crippen LogP contribution in [0.15, 0.2) is 91.0 Å². The van der Waals surface area contributed by atoms with E-state index in [-0.39, 0.29) is 5.91 Å². The molecule has 1 heterocycles. The lowest BCUT2D eigenvalue weighted by Crippen LogP contribution is -2.31. The molecule has 0 spiro atoms. The number of hydrogen-bond donors (Lipinski definition) is 4. The highest BCUT2D eigenvalue weighted by molar-refractivity contribution is 6.00. The molecule has 0 aliphatic carbocycles. The van der Waals surface area contributed by atoms with E-state index < -0.39 is 6.03 Å². The highest BCUT2D eigenvalue weighted by Gasteiger charge is 2.16. The molecule has 3 amide bonds. The number of aromatic amines is 1. The number of urea groups is 1. The minimum absolute atomic E-state index is 0.304. The molecular formula is C28H24N6O3. The second-order valence-corrected chi connectivity index (χ2v) is 8.25. The Morgan fingerprint density at radius 2 is 1.54 bits per heavy atom. The van der Waals surface area contributed by atoms with Crippen molar-refractivity contribution in [2.75, 3.05) is 17.7 Å². The van der Waals surface area contributed by atoms with Gasteiger partial charge in [-0.3, -0.25) is 9.69 Å². The number of anilines is 3. The van der Waals surface area contributed by atoms with Gasteiger partial charge in [0.25, 0.3) is 5.91 Å². The van der Waals surface area contributed by atoms with Crippen LogP contribution in [0.1, 0.15) is 10.4 Å². The number of nitrogen functional groups attached to an aromatic ring is 1. The van der Waals surface area contributed by atoms with Gasteiger partial charge in [-0.2, -0.15) is 0 Å². The van der Waals surface area contributed by atoms with Crippen LogP contribution in [0.5, 0.6) is 11.5 Å². The lowest BCUT2D eigenvalue weighted by Gasteiger charge is -2.21. The van der Waals surface area contributed by atoms with E-state index in [4.69, 9.17) is 16.2 Å². The number of primary amides is 1. The molecule has 184 valence electrons. The molecule has 0 atom stereocenters. The zero-order valence-corrected chi connectivity index (χ0v) is 19.9. The molecule has 0 aliphatic heterocycles. The van der Waals surface area contributed by atoms with Gasteiger partial charge in [-0.15, -0.1) is 0 Å². The first-order chi connectivity index (χ1) is 17.9. The van der Waals surface area contributed by atoms with E-state index in [2.05, 4.69) is 15.3 Å². The summed E-state index contributed by atoms with van der Waals surface area (Å²) in [6, 6.07) is 26.3. The van der Waals surface area contributed by atoms with Gasteiger partial charge in [-0.05, 0) is 78.9 Å². The summed E-state index contributed by atoms with van der Waals surface area (Å²) in [7, 11) is 1.53. The Hall–Kier alpha value is -5.31. The molecule has 0 radical (unpaired) electrons. The summed E-state index contributed by atoms with van der Waals surface area (Å²) >= 11 is 0. The van der Waals surface area contributed by atoms with Crippen molar-refractivity contribution in [3.8, 4) is 22.9 Å². The van der Waals surface area contributed by atoms with E-state index in [9.17, 15) is 9.59 Å². The van der Waals surface area contributed by atoms with Crippen LogP contribution >= 0.6 is 0 Å². The molecule has 0 saturated heterocycles. The number of nitrogens with one attached hydrogen (secondary N) is 2. The van der Waals surface area contributed by atoms with Crippen molar-refractivity contribution < 1.29 is 14.3 Å². The molecule has 0 unspecified atom stereocenters. The summed E-state index contributed by atoms with van der Waals surface area (Å²) in [6.07, 6.45) is 0. The molecule has 0 fully saturated rings. The predicted octanol–water partition coefficient (Wildman–Crippen LogP) is 5.18. The summed E-state index contributed by atoms with van der Waals surface area (Å²) in [6.45, 7) is 0. The van der Waals surface area contributed by atoms with Gasteiger partial charge in [0.2, 0.25) is 0 Å². The minimum atomic E-state index is -0.626. The van der Waals surface area contributed by atoms with Crippen LogP contribution in [-0.4, -0.2) is 29.0 Å². The molecule has 0 saturated carbocycles. The monoisotopic (exact) mass is 492 g/mol. The van der Waals surface area contributed by atoms with E-state index in [1.807, 2.05) is 48.5 Å². The fraction of sp³-hybridized carbons (Fsp3) is 0.0357. The van der Waals surface area contributed by atoms with Gasteiger partial charge in [0.05, 0.1) is 28.0 Å². The first-order valence-corrected chi connectivity index (χ1v) is 11.5. The topological polar surface area (TPSA) is 139 Å². The fourth-order valence-electron chi connectivity index (χ4n) is 3.99. The van der Waals surface area contributed by atoms with Crippen LogP contribution in [0.25, 0.3) is 22.4 Å². The number of amides is 3. The van der Waals surface area contributed by atoms with Crippen molar-refractivity contribution in [3.05, 3.63) is 96.6 Å². The molecule has 37 heavy (non-hydrogen) atoms. The number of carbonyl (C=O) groups excluding carboxylic acids is 2. The fourth-order valence-corrected chi connectivity index (χ4v) is 3.99. The van der Waals surface area contributed by atoms with Gasteiger partial charge in [-0.25, -0.2) is 9.78 Å². The highest BCUT2D eigenvalue weighted by Crippen LogP contribution is 2.31. The Bertz CT molecular complexity index is 1560. The van der Waals surface area contributed by atoms with Crippen LogP contribution in [0.2, 0.25) is 0 Å². The van der Waals surface area contributed by atoms with Crippen molar-refractivity contribution in [2.24, 2.45) is 5.73 Å². The largest absolute Gasteiger partial charge is 0.457 e. The van der Waals surface area contributed by atoms with Crippen LogP contribution in [-0.2, 0) is 0 Å². The molecule has 1 aromatic heterocycles. The third-order valence-electron chi connectivity index (χ3n) is 5.84. The number of para-hydroxylation sites is 2. The molecule has 5 rings (SSSR count). The summed E-state index contributed by atoms with van der Waals surface area (Å²) in [5.41, 5.74) is 16.2. The third kappa shape index (κ3) is 4.78. The van der Waals surface area contributed by atoms with E-state index in [0.29, 0.717) is 34.1 Å². The molecule has 6 N–H and O–H groups in total. The first kappa shape index (κ1) is 23.4. The van der Waals surface area contributed by atoms with Crippen molar-refractivity contribution in [1.29, 1.82) is 0 Å². The average molecular weight is 493 g/mol. The average Bonchev–Trinajstić information content (AvgIpc) is 3.35. The standard InChI is InChI=1S/C28H24N6O3/c1-31-27(35)22-16-21(14-15-23(22)29)37-20-12-10-19(11-13-20)34(28(30)36)18-8-6-17(7-9-18)26-32-24-4-2-3-5-25(24)33-26/h2-16H,29H2,1H3,(H2,30,36)(H,31,35)(H,32,33). The lowest BCUT2D eigenvalue weighted by molar-refractivity contribution is 0.0963. The van der Waals surface area contributed by atoms with Gasteiger partial charge in [0.15, 0.2) is 0 Å². The number of nitrogens with zero attached hydrogens (tertiary/aromatic N) is 2. The first-order valence-electron chi connectivity index (χ1n) is 11.5. The SMILES string of the molecule is CNC(=O)c1cc(Oc2ccc(N(C(N)=O)c3ccc(-c4nc5ccccc5[nH]4)cc3)cc2)ccc1N. The van der Waals surface area contributed by atoms with Gasteiger partial charge in [-0.1, -0.05) is 12.1 Å². The highest BCUT2D eigenvalue weighted by atomic mass is 16.5. The van der Waals surface area contributed by atoms with Gasteiger partial charge in [0, 0.05) is 18.3 Å². The molecular weight excluding hydrogens is 468 g/mol. The zero-order chi connectivity index (χ0) is 25.9.